The maximum Gasteiger partial charge on any atom is 0.244 e. The summed E-state index contributed by atoms with van der Waals surface area (Å²) >= 11 is 0. The third kappa shape index (κ3) is 2.16. The summed E-state index contributed by atoms with van der Waals surface area (Å²) in [6.07, 6.45) is 5.18. The number of piperidine rings is 1. The molecule has 2 heterocycles. The maximum absolute atomic E-state index is 12.6. The molecule has 2 fully saturated rings. The SMILES string of the molecule is CCCN1CCCC2(CCCN2S(C)(=O)=O)C1=O. The monoisotopic (exact) mass is 274 g/mol. The van der Waals surface area contributed by atoms with Gasteiger partial charge in [0.1, 0.15) is 5.54 Å². The normalized spacial score (nSPS) is 30.3. The molecule has 5 nitrogen and oxygen atoms in total. The molecule has 0 aromatic heterocycles. The van der Waals surface area contributed by atoms with Crippen LogP contribution in [0.2, 0.25) is 0 Å². The van der Waals surface area contributed by atoms with Crippen molar-refractivity contribution in [1.82, 2.24) is 9.21 Å². The van der Waals surface area contributed by atoms with Crippen molar-refractivity contribution in [3.63, 3.8) is 0 Å². The molecule has 1 spiro atoms. The molecule has 0 bridgehead atoms. The van der Waals surface area contributed by atoms with Crippen LogP contribution in [-0.2, 0) is 14.8 Å². The Labute approximate surface area is 109 Å². The van der Waals surface area contributed by atoms with Crippen LogP contribution in [0.25, 0.3) is 0 Å². The zero-order valence-electron chi connectivity index (χ0n) is 11.2. The van der Waals surface area contributed by atoms with Crippen molar-refractivity contribution < 1.29 is 13.2 Å². The fraction of sp³-hybridized carbons (Fsp3) is 0.917. The van der Waals surface area contributed by atoms with Crippen LogP contribution in [0, 0.1) is 0 Å². The Morgan fingerprint density at radius 2 is 1.83 bits per heavy atom. The van der Waals surface area contributed by atoms with Crippen molar-refractivity contribution in [2.24, 2.45) is 0 Å². The largest absolute Gasteiger partial charge is 0.341 e. The molecule has 1 amide bonds. The third-order valence-corrected chi connectivity index (χ3v) is 5.36. The van der Waals surface area contributed by atoms with Crippen LogP contribution < -0.4 is 0 Å². The second-order valence-corrected chi connectivity index (χ2v) is 7.27. The van der Waals surface area contributed by atoms with Crippen LogP contribution in [0.4, 0.5) is 0 Å². The molecule has 2 aliphatic rings. The molecular formula is C12H22N2O3S. The van der Waals surface area contributed by atoms with Crippen LogP contribution >= 0.6 is 0 Å². The number of sulfonamides is 1. The van der Waals surface area contributed by atoms with Gasteiger partial charge >= 0.3 is 0 Å². The molecule has 0 aromatic rings. The Balaban J connectivity index is 2.31. The van der Waals surface area contributed by atoms with E-state index in [1.807, 2.05) is 11.8 Å². The van der Waals surface area contributed by atoms with E-state index in [0.717, 1.165) is 32.4 Å². The van der Waals surface area contributed by atoms with Crippen molar-refractivity contribution in [3.05, 3.63) is 0 Å². The number of hydrogen-bond donors (Lipinski definition) is 0. The molecule has 6 heteroatoms. The number of likely N-dealkylation sites (tertiary alicyclic amines) is 1. The summed E-state index contributed by atoms with van der Waals surface area (Å²) in [4.78, 5) is 14.5. The number of nitrogens with zero attached hydrogens (tertiary/aromatic N) is 2. The second kappa shape index (κ2) is 4.81. The number of amides is 1. The van der Waals surface area contributed by atoms with Gasteiger partial charge in [0.2, 0.25) is 15.9 Å². The molecule has 104 valence electrons. The Kier molecular flexibility index (Phi) is 3.69. The van der Waals surface area contributed by atoms with Crippen molar-refractivity contribution in [2.75, 3.05) is 25.9 Å². The first kappa shape index (κ1) is 13.8. The molecule has 0 aliphatic carbocycles. The van der Waals surface area contributed by atoms with Gasteiger partial charge in [-0.2, -0.15) is 4.31 Å². The van der Waals surface area contributed by atoms with Gasteiger partial charge in [-0.25, -0.2) is 8.42 Å². The first-order chi connectivity index (χ1) is 8.42. The summed E-state index contributed by atoms with van der Waals surface area (Å²) in [5, 5.41) is 0. The number of rotatable bonds is 3. The lowest BCUT2D eigenvalue weighted by molar-refractivity contribution is -0.144. The predicted molar refractivity (Wildman–Crippen MR) is 69.6 cm³/mol. The van der Waals surface area contributed by atoms with Gasteiger partial charge in [-0.05, 0) is 32.1 Å². The van der Waals surface area contributed by atoms with Crippen LogP contribution in [0.15, 0.2) is 0 Å². The fourth-order valence-corrected chi connectivity index (χ4v) is 4.71. The van der Waals surface area contributed by atoms with E-state index in [0.29, 0.717) is 19.4 Å². The van der Waals surface area contributed by atoms with Crippen LogP contribution in [-0.4, -0.2) is 55.0 Å². The second-order valence-electron chi connectivity index (χ2n) is 5.37. The Bertz CT molecular complexity index is 433. The molecule has 2 rings (SSSR count). The van der Waals surface area contributed by atoms with Crippen molar-refractivity contribution >= 4 is 15.9 Å². The first-order valence-electron chi connectivity index (χ1n) is 6.69. The number of carbonyl (C=O) groups is 1. The van der Waals surface area contributed by atoms with E-state index in [9.17, 15) is 13.2 Å². The average molecular weight is 274 g/mol. The zero-order chi connectivity index (χ0) is 13.4. The maximum atomic E-state index is 12.6. The van der Waals surface area contributed by atoms with E-state index in [4.69, 9.17) is 0 Å². The number of carbonyl (C=O) groups excluding carboxylic acids is 1. The molecule has 0 N–H and O–H groups in total. The average Bonchev–Trinajstić information content (AvgIpc) is 2.70. The minimum atomic E-state index is -3.30. The van der Waals surface area contributed by atoms with Crippen molar-refractivity contribution in [2.45, 2.75) is 44.6 Å². The lowest BCUT2D eigenvalue weighted by Gasteiger charge is -2.43. The summed E-state index contributed by atoms with van der Waals surface area (Å²) < 4.78 is 25.2. The highest BCUT2D eigenvalue weighted by Crippen LogP contribution is 2.39. The lowest BCUT2D eigenvalue weighted by Crippen LogP contribution is -2.61. The molecular weight excluding hydrogens is 252 g/mol. The summed E-state index contributed by atoms with van der Waals surface area (Å²) in [6, 6.07) is 0. The first-order valence-corrected chi connectivity index (χ1v) is 8.54. The van der Waals surface area contributed by atoms with Crippen molar-refractivity contribution in [1.29, 1.82) is 0 Å². The Morgan fingerprint density at radius 3 is 2.39 bits per heavy atom. The molecule has 18 heavy (non-hydrogen) atoms. The summed E-state index contributed by atoms with van der Waals surface area (Å²) in [5.41, 5.74) is -0.763. The van der Waals surface area contributed by atoms with Gasteiger partial charge in [0.15, 0.2) is 0 Å². The molecule has 1 atom stereocenters. The summed E-state index contributed by atoms with van der Waals surface area (Å²) in [5.74, 6) is 0.0264. The summed E-state index contributed by atoms with van der Waals surface area (Å²) in [6.45, 7) is 4.03. The molecule has 1 unspecified atom stereocenters. The highest BCUT2D eigenvalue weighted by Gasteiger charge is 2.53. The molecule has 2 saturated heterocycles. The third-order valence-electron chi connectivity index (χ3n) is 4.03. The Hall–Kier alpha value is -0.620. The minimum absolute atomic E-state index is 0.0264. The molecule has 0 aromatic carbocycles. The van der Waals surface area contributed by atoms with Gasteiger partial charge in [-0.1, -0.05) is 6.92 Å². The molecule has 2 aliphatic heterocycles. The highest BCUT2D eigenvalue weighted by molar-refractivity contribution is 7.88. The van der Waals surface area contributed by atoms with Gasteiger partial charge < -0.3 is 4.90 Å². The zero-order valence-corrected chi connectivity index (χ0v) is 12.0. The highest BCUT2D eigenvalue weighted by atomic mass is 32.2. The standard InChI is InChI=1S/C12H22N2O3S/c1-3-8-13-9-4-6-12(11(13)15)7-5-10-14(12)18(2,16)17/h3-10H2,1-2H3. The topological polar surface area (TPSA) is 57.7 Å². The Morgan fingerprint density at radius 1 is 1.22 bits per heavy atom. The molecule has 0 saturated carbocycles. The van der Waals surface area contributed by atoms with E-state index in [1.165, 1.54) is 10.6 Å². The van der Waals surface area contributed by atoms with E-state index in [2.05, 4.69) is 0 Å². The van der Waals surface area contributed by atoms with Crippen molar-refractivity contribution in [3.8, 4) is 0 Å². The van der Waals surface area contributed by atoms with Gasteiger partial charge in [0.25, 0.3) is 0 Å². The summed E-state index contributed by atoms with van der Waals surface area (Å²) in [7, 11) is -3.30. The van der Waals surface area contributed by atoms with Gasteiger partial charge in [-0.3, -0.25) is 4.79 Å². The van der Waals surface area contributed by atoms with Crippen LogP contribution in [0.3, 0.4) is 0 Å². The van der Waals surface area contributed by atoms with E-state index >= 15 is 0 Å². The predicted octanol–water partition coefficient (Wildman–Crippen LogP) is 0.813. The quantitative estimate of drug-likeness (QED) is 0.765. The van der Waals surface area contributed by atoms with E-state index < -0.39 is 15.6 Å². The van der Waals surface area contributed by atoms with E-state index in [1.54, 1.807) is 0 Å². The van der Waals surface area contributed by atoms with E-state index in [-0.39, 0.29) is 5.91 Å². The fourth-order valence-electron chi connectivity index (χ4n) is 3.35. The minimum Gasteiger partial charge on any atom is -0.341 e. The van der Waals surface area contributed by atoms with Gasteiger partial charge in [0.05, 0.1) is 6.26 Å². The van der Waals surface area contributed by atoms with Gasteiger partial charge in [-0.15, -0.1) is 0 Å². The lowest BCUT2D eigenvalue weighted by atomic mass is 9.86. The number of hydrogen-bond acceptors (Lipinski definition) is 3. The van der Waals surface area contributed by atoms with Crippen LogP contribution in [0.1, 0.15) is 39.0 Å². The smallest absolute Gasteiger partial charge is 0.244 e. The molecule has 0 radical (unpaired) electrons. The van der Waals surface area contributed by atoms with Crippen LogP contribution in [0.5, 0.6) is 0 Å². The van der Waals surface area contributed by atoms with Gasteiger partial charge in [0, 0.05) is 19.6 Å².